The maximum Gasteiger partial charge on any atom is 0.282 e. The predicted molar refractivity (Wildman–Crippen MR) is 136 cm³/mol. The zero-order valence-corrected chi connectivity index (χ0v) is 21.3. The highest BCUT2D eigenvalue weighted by Crippen LogP contribution is 2.36. The normalized spacial score (nSPS) is 14.4. The lowest BCUT2D eigenvalue weighted by atomic mass is 9.95. The van der Waals surface area contributed by atoms with Crippen molar-refractivity contribution in [3.8, 4) is 11.5 Å². The Bertz CT molecular complexity index is 1270. The van der Waals surface area contributed by atoms with Gasteiger partial charge in [-0.1, -0.05) is 36.7 Å². The third kappa shape index (κ3) is 4.62. The van der Waals surface area contributed by atoms with Crippen molar-refractivity contribution in [3.05, 3.63) is 56.5 Å². The molecular weight excluding hydrogens is 484 g/mol. The van der Waals surface area contributed by atoms with Gasteiger partial charge in [0.1, 0.15) is 17.3 Å². The molecule has 1 aliphatic rings. The van der Waals surface area contributed by atoms with Gasteiger partial charge in [0.2, 0.25) is 0 Å². The Morgan fingerprint density at radius 2 is 1.76 bits per heavy atom. The van der Waals surface area contributed by atoms with E-state index in [2.05, 4.69) is 25.9 Å². The minimum atomic E-state index is -0.390. The summed E-state index contributed by atoms with van der Waals surface area (Å²) in [7, 11) is 3.30. The third-order valence-corrected chi connectivity index (χ3v) is 6.26. The van der Waals surface area contributed by atoms with Gasteiger partial charge in [0.05, 0.1) is 37.0 Å². The van der Waals surface area contributed by atoms with Crippen molar-refractivity contribution in [1.29, 1.82) is 0 Å². The van der Waals surface area contributed by atoms with E-state index in [0.29, 0.717) is 22.5 Å². The fraction of sp³-hybridized carbons (Fsp3) is 0.400. The molecule has 1 aliphatic heterocycles. The fourth-order valence-electron chi connectivity index (χ4n) is 4.07. The molecule has 0 atom stereocenters. The predicted octanol–water partition coefficient (Wildman–Crippen LogP) is 4.96. The van der Waals surface area contributed by atoms with Crippen LogP contribution in [-0.2, 0) is 5.41 Å². The number of hydrogen-bond donors (Lipinski definition) is 0. The third-order valence-electron chi connectivity index (χ3n) is 5.77. The molecule has 0 saturated carbocycles. The minimum Gasteiger partial charge on any atom is -0.496 e. The van der Waals surface area contributed by atoms with Crippen LogP contribution >= 0.6 is 15.9 Å². The highest BCUT2D eigenvalue weighted by atomic mass is 79.9. The van der Waals surface area contributed by atoms with Gasteiger partial charge in [0.15, 0.2) is 0 Å². The summed E-state index contributed by atoms with van der Waals surface area (Å²) in [4.78, 5) is 20.5. The van der Waals surface area contributed by atoms with Gasteiger partial charge in [0, 0.05) is 34.6 Å². The zero-order chi connectivity index (χ0) is 23.8. The second-order valence-corrected chi connectivity index (χ2v) is 10.1. The molecule has 8 heteroatoms. The number of rotatable bonds is 5. The van der Waals surface area contributed by atoms with Gasteiger partial charge in [0.25, 0.3) is 5.56 Å². The average molecular weight is 513 g/mol. The number of aromatic nitrogens is 2. The monoisotopic (exact) mass is 512 g/mol. The number of hydrogen-bond acceptors (Lipinski definition) is 6. The lowest BCUT2D eigenvalue weighted by Gasteiger charge is -2.22. The van der Waals surface area contributed by atoms with E-state index in [1.165, 1.54) is 4.68 Å². The molecule has 0 aliphatic carbocycles. The van der Waals surface area contributed by atoms with Crippen molar-refractivity contribution in [3.63, 3.8) is 0 Å². The first-order chi connectivity index (χ1) is 15.7. The smallest absolute Gasteiger partial charge is 0.282 e. The SMILES string of the molecule is COc1cc(N2CCCC2)c(OC)cc1C=Nn1c(C(C)(C)C)nc2ccc(Br)cc2c1=O. The Labute approximate surface area is 202 Å². The molecule has 2 aromatic carbocycles. The summed E-state index contributed by atoms with van der Waals surface area (Å²) in [6.07, 6.45) is 3.97. The van der Waals surface area contributed by atoms with Crippen LogP contribution in [0.15, 0.2) is 44.7 Å². The molecular formula is C25H29BrN4O3. The first kappa shape index (κ1) is 23.3. The van der Waals surface area contributed by atoms with E-state index in [4.69, 9.17) is 14.5 Å². The largest absolute Gasteiger partial charge is 0.496 e. The summed E-state index contributed by atoms with van der Waals surface area (Å²) in [6.45, 7) is 8.03. The molecule has 0 radical (unpaired) electrons. The molecule has 1 aromatic heterocycles. The lowest BCUT2D eigenvalue weighted by molar-refractivity contribution is 0.402. The number of fused-ring (bicyclic) bond motifs is 1. The highest BCUT2D eigenvalue weighted by Gasteiger charge is 2.23. The number of nitrogens with zero attached hydrogens (tertiary/aromatic N) is 4. The van der Waals surface area contributed by atoms with Crippen LogP contribution in [0.3, 0.4) is 0 Å². The topological polar surface area (TPSA) is 69.0 Å². The number of benzene rings is 2. The van der Waals surface area contributed by atoms with Gasteiger partial charge < -0.3 is 14.4 Å². The molecule has 0 N–H and O–H groups in total. The Balaban J connectivity index is 1.85. The molecule has 0 unspecified atom stereocenters. The number of ether oxygens (including phenoxy) is 2. The summed E-state index contributed by atoms with van der Waals surface area (Å²) < 4.78 is 13.5. The first-order valence-corrected chi connectivity index (χ1v) is 11.8. The maximum atomic E-state index is 13.4. The minimum absolute atomic E-state index is 0.220. The van der Waals surface area contributed by atoms with Gasteiger partial charge in [-0.15, -0.1) is 0 Å². The van der Waals surface area contributed by atoms with Crippen molar-refractivity contribution < 1.29 is 9.47 Å². The summed E-state index contributed by atoms with van der Waals surface area (Å²) in [6, 6.07) is 9.39. The molecule has 0 amide bonds. The molecule has 174 valence electrons. The average Bonchev–Trinajstić information content (AvgIpc) is 3.32. The van der Waals surface area contributed by atoms with Gasteiger partial charge >= 0.3 is 0 Å². The molecule has 2 heterocycles. The molecule has 7 nitrogen and oxygen atoms in total. The maximum absolute atomic E-state index is 13.4. The van der Waals surface area contributed by atoms with E-state index in [1.807, 2.05) is 45.0 Å². The second kappa shape index (κ2) is 9.17. The van der Waals surface area contributed by atoms with Gasteiger partial charge in [-0.05, 0) is 37.1 Å². The summed E-state index contributed by atoms with van der Waals surface area (Å²) in [5, 5.41) is 5.09. The van der Waals surface area contributed by atoms with Crippen LogP contribution in [0, 0.1) is 0 Å². The van der Waals surface area contributed by atoms with E-state index in [9.17, 15) is 4.79 Å². The number of methoxy groups -OCH3 is 2. The fourth-order valence-corrected chi connectivity index (χ4v) is 4.43. The molecule has 1 fully saturated rings. The van der Waals surface area contributed by atoms with Crippen LogP contribution in [0.4, 0.5) is 5.69 Å². The summed E-state index contributed by atoms with van der Waals surface area (Å²) in [5.41, 5.74) is 1.77. The Morgan fingerprint density at radius 3 is 2.39 bits per heavy atom. The van der Waals surface area contributed by atoms with Gasteiger partial charge in [-0.25, -0.2) is 4.98 Å². The number of anilines is 1. The molecule has 33 heavy (non-hydrogen) atoms. The van der Waals surface area contributed by atoms with Crippen LogP contribution in [0.25, 0.3) is 10.9 Å². The Kier molecular flexibility index (Phi) is 6.47. The second-order valence-electron chi connectivity index (χ2n) is 9.17. The van der Waals surface area contributed by atoms with Crippen LogP contribution in [0.1, 0.15) is 45.0 Å². The van der Waals surface area contributed by atoms with Gasteiger partial charge in [-0.3, -0.25) is 4.79 Å². The van der Waals surface area contributed by atoms with E-state index >= 15 is 0 Å². The van der Waals surface area contributed by atoms with Crippen molar-refractivity contribution in [2.45, 2.75) is 39.0 Å². The standard InChI is InChI=1S/C25H29BrN4O3/c1-25(2,3)24-28-19-9-8-17(26)13-18(19)23(31)30(24)27-15-16-12-22(33-5)20(14-21(16)32-4)29-10-6-7-11-29/h8-9,12-15H,6-7,10-11H2,1-5H3. The Morgan fingerprint density at radius 1 is 1.06 bits per heavy atom. The Hall–Kier alpha value is -2.87. The van der Waals surface area contributed by atoms with E-state index < -0.39 is 0 Å². The molecule has 3 aromatic rings. The molecule has 0 bridgehead atoms. The summed E-state index contributed by atoms with van der Waals surface area (Å²) >= 11 is 3.45. The van der Waals surface area contributed by atoms with Crippen LogP contribution in [0.5, 0.6) is 11.5 Å². The zero-order valence-electron chi connectivity index (χ0n) is 19.7. The van der Waals surface area contributed by atoms with Crippen molar-refractivity contribution in [2.75, 3.05) is 32.2 Å². The molecule has 0 spiro atoms. The molecule has 4 rings (SSSR count). The first-order valence-electron chi connectivity index (χ1n) is 11.0. The van der Waals surface area contributed by atoms with Crippen LogP contribution < -0.4 is 19.9 Å². The van der Waals surface area contributed by atoms with Crippen molar-refractivity contribution >= 4 is 38.7 Å². The number of halogens is 1. The quantitative estimate of drug-likeness (QED) is 0.452. The van der Waals surface area contributed by atoms with E-state index in [-0.39, 0.29) is 11.0 Å². The van der Waals surface area contributed by atoms with E-state index in [1.54, 1.807) is 26.5 Å². The van der Waals surface area contributed by atoms with E-state index in [0.717, 1.165) is 47.4 Å². The molecule has 1 saturated heterocycles. The highest BCUT2D eigenvalue weighted by molar-refractivity contribution is 9.10. The van der Waals surface area contributed by atoms with Crippen molar-refractivity contribution in [2.24, 2.45) is 5.10 Å². The lowest BCUT2D eigenvalue weighted by Crippen LogP contribution is -2.29. The van der Waals surface area contributed by atoms with Gasteiger partial charge in [-0.2, -0.15) is 9.78 Å². The summed E-state index contributed by atoms with van der Waals surface area (Å²) in [5.74, 6) is 2.00. The van der Waals surface area contributed by atoms with Crippen molar-refractivity contribution in [1.82, 2.24) is 9.66 Å². The van der Waals surface area contributed by atoms with Crippen LogP contribution in [-0.4, -0.2) is 43.2 Å². The van der Waals surface area contributed by atoms with Crippen LogP contribution in [0.2, 0.25) is 0 Å².